The Labute approximate surface area is 237 Å². The second-order valence-corrected chi connectivity index (χ2v) is 12.9. The second kappa shape index (κ2) is 11.9. The molecule has 220 valence electrons. The lowest BCUT2D eigenvalue weighted by Crippen LogP contribution is -2.49. The first-order valence-electron chi connectivity index (χ1n) is 14.0. The minimum Gasteiger partial charge on any atom is -0.404 e. The van der Waals surface area contributed by atoms with Crippen LogP contribution in [0.1, 0.15) is 78.7 Å². The van der Waals surface area contributed by atoms with Crippen LogP contribution < -0.4 is 15.4 Å². The van der Waals surface area contributed by atoms with E-state index >= 15 is 0 Å². The lowest BCUT2D eigenvalue weighted by atomic mass is 9.80. The Morgan fingerprint density at radius 1 is 0.951 bits per heavy atom. The first kappa shape index (κ1) is 29.2. The highest BCUT2D eigenvalue weighted by Crippen LogP contribution is 2.35. The Kier molecular flexibility index (Phi) is 8.47. The van der Waals surface area contributed by atoms with Crippen molar-refractivity contribution in [1.82, 2.24) is 15.6 Å². The van der Waals surface area contributed by atoms with Gasteiger partial charge in [0.1, 0.15) is 16.3 Å². The highest BCUT2D eigenvalue weighted by atomic mass is 32.2. The van der Waals surface area contributed by atoms with Crippen molar-refractivity contribution in [2.75, 3.05) is 0 Å². The summed E-state index contributed by atoms with van der Waals surface area (Å²) >= 11 is 0. The van der Waals surface area contributed by atoms with Gasteiger partial charge in [0.25, 0.3) is 5.91 Å². The van der Waals surface area contributed by atoms with Crippen molar-refractivity contribution in [1.29, 1.82) is 0 Å². The van der Waals surface area contributed by atoms with Gasteiger partial charge in [0.05, 0.1) is 4.90 Å². The monoisotopic (exact) mass is 589 g/mol. The summed E-state index contributed by atoms with van der Waals surface area (Å²) in [6.45, 7) is 0.880. The van der Waals surface area contributed by atoms with Crippen LogP contribution in [0.15, 0.2) is 64.4 Å². The number of aromatic nitrogens is 1. The molecule has 1 spiro atoms. The molecule has 0 saturated heterocycles. The van der Waals surface area contributed by atoms with E-state index < -0.39 is 26.8 Å². The van der Waals surface area contributed by atoms with E-state index in [-0.39, 0.29) is 22.9 Å². The SMILES string of the molecule is O=C(NCc1ccc(S(=O)(=O)c2ccccc2OC(F)(F)F)cc1)c1cc2c([nH]1)CC1(CCCCCCCC1)NC2. The van der Waals surface area contributed by atoms with Crippen molar-refractivity contribution in [2.24, 2.45) is 0 Å². The lowest BCUT2D eigenvalue weighted by Gasteiger charge is -2.38. The van der Waals surface area contributed by atoms with E-state index in [1.165, 1.54) is 74.9 Å². The number of H-pyrrole nitrogens is 1. The molecule has 0 atom stereocenters. The molecule has 1 fully saturated rings. The molecule has 5 rings (SSSR count). The van der Waals surface area contributed by atoms with E-state index in [1.807, 2.05) is 6.07 Å². The van der Waals surface area contributed by atoms with Gasteiger partial charge in [-0.3, -0.25) is 4.79 Å². The predicted molar refractivity (Wildman–Crippen MR) is 147 cm³/mol. The summed E-state index contributed by atoms with van der Waals surface area (Å²) in [7, 11) is -4.28. The predicted octanol–water partition coefficient (Wildman–Crippen LogP) is 6.20. The summed E-state index contributed by atoms with van der Waals surface area (Å²) in [4.78, 5) is 15.5. The number of para-hydroxylation sites is 1. The molecule has 0 radical (unpaired) electrons. The van der Waals surface area contributed by atoms with Gasteiger partial charge in [-0.05, 0) is 54.3 Å². The number of benzene rings is 2. The Hall–Kier alpha value is -3.31. The number of rotatable bonds is 6. The van der Waals surface area contributed by atoms with Crippen LogP contribution in [0.4, 0.5) is 13.2 Å². The van der Waals surface area contributed by atoms with Crippen LogP contribution in [0.3, 0.4) is 0 Å². The van der Waals surface area contributed by atoms with E-state index in [1.54, 1.807) is 0 Å². The number of alkyl halides is 3. The molecule has 3 N–H and O–H groups in total. The van der Waals surface area contributed by atoms with E-state index in [2.05, 4.69) is 20.4 Å². The van der Waals surface area contributed by atoms with E-state index in [0.29, 0.717) is 11.3 Å². The fourth-order valence-corrected chi connectivity index (χ4v) is 7.23. The fourth-order valence-electron chi connectivity index (χ4n) is 5.85. The maximum atomic E-state index is 13.0. The Bertz CT molecular complexity index is 1470. The highest BCUT2D eigenvalue weighted by molar-refractivity contribution is 7.91. The van der Waals surface area contributed by atoms with E-state index in [0.717, 1.165) is 49.2 Å². The number of fused-ring (bicyclic) bond motifs is 1. The Morgan fingerprint density at radius 2 is 1.61 bits per heavy atom. The number of hydrogen-bond acceptors (Lipinski definition) is 5. The number of halogens is 3. The zero-order valence-electron chi connectivity index (χ0n) is 22.6. The molecule has 2 aliphatic rings. The number of amides is 1. The molecule has 1 amide bonds. The minimum absolute atomic E-state index is 0.0808. The van der Waals surface area contributed by atoms with Crippen molar-refractivity contribution in [3.05, 3.63) is 77.1 Å². The van der Waals surface area contributed by atoms with Gasteiger partial charge in [-0.15, -0.1) is 13.2 Å². The van der Waals surface area contributed by atoms with Crippen molar-refractivity contribution in [3.8, 4) is 5.75 Å². The third-order valence-corrected chi connectivity index (χ3v) is 9.83. The molecule has 1 aliphatic carbocycles. The average Bonchev–Trinajstić information content (AvgIpc) is 3.39. The molecular weight excluding hydrogens is 555 g/mol. The van der Waals surface area contributed by atoms with Gasteiger partial charge in [-0.2, -0.15) is 0 Å². The fraction of sp³-hybridized carbons (Fsp3) is 0.433. The molecular formula is C30H34F3N3O4S. The Morgan fingerprint density at radius 3 is 2.29 bits per heavy atom. The normalized spacial score (nSPS) is 17.6. The van der Waals surface area contributed by atoms with Gasteiger partial charge in [-0.25, -0.2) is 8.42 Å². The van der Waals surface area contributed by atoms with Crippen LogP contribution in [0, 0.1) is 0 Å². The van der Waals surface area contributed by atoms with Crippen molar-refractivity contribution in [2.45, 2.75) is 92.6 Å². The van der Waals surface area contributed by atoms with Crippen LogP contribution in [-0.4, -0.2) is 31.2 Å². The maximum Gasteiger partial charge on any atom is 0.573 e. The van der Waals surface area contributed by atoms with Gasteiger partial charge in [0, 0.05) is 30.7 Å². The van der Waals surface area contributed by atoms with Crippen LogP contribution >= 0.6 is 0 Å². The summed E-state index contributed by atoms with van der Waals surface area (Å²) < 4.78 is 68.3. The van der Waals surface area contributed by atoms with E-state index in [4.69, 9.17) is 0 Å². The van der Waals surface area contributed by atoms with Gasteiger partial charge in [0.15, 0.2) is 0 Å². The van der Waals surface area contributed by atoms with Crippen LogP contribution in [-0.2, 0) is 29.3 Å². The van der Waals surface area contributed by atoms with Crippen LogP contribution in [0.2, 0.25) is 0 Å². The summed E-state index contributed by atoms with van der Waals surface area (Å²) in [5.41, 5.74) is 3.41. The third-order valence-electron chi connectivity index (χ3n) is 8.02. The van der Waals surface area contributed by atoms with Gasteiger partial charge >= 0.3 is 6.36 Å². The number of carbonyl (C=O) groups is 1. The van der Waals surface area contributed by atoms with Gasteiger partial charge in [0.2, 0.25) is 9.84 Å². The standard InChI is InChI=1S/C30H34F3N3O4S/c31-30(32,33)40-26-9-5-6-10-27(26)41(38,39)23-13-11-21(12-14-23)19-34-28(37)24-17-22-20-35-29(18-25(22)36-24)15-7-3-1-2-4-8-16-29/h5-6,9-14,17,35-36H,1-4,7-8,15-16,18-20H2,(H,34,37). The quantitative estimate of drug-likeness (QED) is 0.318. The molecule has 1 aliphatic heterocycles. The molecule has 1 saturated carbocycles. The first-order chi connectivity index (χ1) is 19.5. The number of nitrogens with one attached hydrogen (secondary N) is 3. The molecule has 0 bridgehead atoms. The zero-order valence-corrected chi connectivity index (χ0v) is 23.5. The minimum atomic E-state index is -5.03. The lowest BCUT2D eigenvalue weighted by molar-refractivity contribution is -0.275. The summed E-state index contributed by atoms with van der Waals surface area (Å²) in [6.07, 6.45) is 5.69. The van der Waals surface area contributed by atoms with Crippen LogP contribution in [0.5, 0.6) is 5.75 Å². The number of ether oxygens (including phenoxy) is 1. The molecule has 11 heteroatoms. The molecule has 3 aromatic rings. The van der Waals surface area contributed by atoms with Crippen molar-refractivity contribution < 1.29 is 31.1 Å². The summed E-state index contributed by atoms with van der Waals surface area (Å²) in [5.74, 6) is -1.06. The highest BCUT2D eigenvalue weighted by Gasteiger charge is 2.36. The van der Waals surface area contributed by atoms with Crippen molar-refractivity contribution in [3.63, 3.8) is 0 Å². The topological polar surface area (TPSA) is 100 Å². The zero-order chi connectivity index (χ0) is 29.1. The molecule has 1 aromatic heterocycles. The van der Waals surface area contributed by atoms with Crippen LogP contribution in [0.25, 0.3) is 0 Å². The van der Waals surface area contributed by atoms with Gasteiger partial charge in [-0.1, -0.05) is 62.8 Å². The molecule has 2 heterocycles. The molecule has 41 heavy (non-hydrogen) atoms. The number of hydrogen-bond donors (Lipinski definition) is 3. The second-order valence-electron chi connectivity index (χ2n) is 10.9. The molecule has 7 nitrogen and oxygen atoms in total. The largest absolute Gasteiger partial charge is 0.573 e. The molecule has 0 unspecified atom stereocenters. The maximum absolute atomic E-state index is 13.0. The average molecular weight is 590 g/mol. The smallest absolute Gasteiger partial charge is 0.404 e. The summed E-state index contributed by atoms with van der Waals surface area (Å²) in [5, 5.41) is 6.64. The number of carbonyl (C=O) groups excluding carboxylic acids is 1. The first-order valence-corrected chi connectivity index (χ1v) is 15.5. The number of sulfone groups is 1. The summed E-state index contributed by atoms with van der Waals surface area (Å²) in [6, 6.07) is 12.1. The Balaban J connectivity index is 1.23. The van der Waals surface area contributed by atoms with Crippen molar-refractivity contribution >= 4 is 15.7 Å². The molecule has 2 aromatic carbocycles. The van der Waals surface area contributed by atoms with E-state index in [9.17, 15) is 26.4 Å². The number of aromatic amines is 1. The third kappa shape index (κ3) is 6.95. The van der Waals surface area contributed by atoms with Gasteiger partial charge < -0.3 is 20.4 Å².